The Balaban J connectivity index is 2.29. The smallest absolute Gasteiger partial charge is 0.319 e. The highest BCUT2D eigenvalue weighted by Crippen LogP contribution is 2.34. The second kappa shape index (κ2) is 5.32. The van der Waals surface area contributed by atoms with Gasteiger partial charge < -0.3 is 4.57 Å². The largest absolute Gasteiger partial charge is 0.416 e. The molecule has 1 aromatic heterocycles. The average molecular weight is 300 g/mol. The number of halogens is 3. The number of Topliss-reactive ketones (excluding diaryl/α,β-unsaturated/α-hetero) is 1. The van der Waals surface area contributed by atoms with Gasteiger partial charge in [-0.25, -0.2) is 4.98 Å². The van der Waals surface area contributed by atoms with E-state index >= 15 is 0 Å². The third kappa shape index (κ3) is 3.04. The Morgan fingerprint density at radius 3 is 2.60 bits per heavy atom. The zero-order valence-corrected chi connectivity index (χ0v) is 11.5. The number of imidazole rings is 1. The minimum absolute atomic E-state index is 0.143. The predicted molar refractivity (Wildman–Crippen MR) is 68.8 cm³/mol. The molecule has 0 aliphatic carbocycles. The minimum Gasteiger partial charge on any atom is -0.319 e. The SMILES string of the molecule is CC(=O)c1cnc(Sc2cccc(C(F)(F)F)c2)n1C. The van der Waals surface area contributed by atoms with Gasteiger partial charge in [-0.15, -0.1) is 0 Å². The monoisotopic (exact) mass is 300 g/mol. The second-order valence-corrected chi connectivity index (χ2v) is 5.21. The van der Waals surface area contributed by atoms with Gasteiger partial charge in [0.2, 0.25) is 0 Å². The lowest BCUT2D eigenvalue weighted by Crippen LogP contribution is -2.04. The lowest BCUT2D eigenvalue weighted by Gasteiger charge is -2.08. The molecule has 2 rings (SSSR count). The van der Waals surface area contributed by atoms with Crippen molar-refractivity contribution in [2.45, 2.75) is 23.2 Å². The number of rotatable bonds is 3. The highest BCUT2D eigenvalue weighted by atomic mass is 32.2. The van der Waals surface area contributed by atoms with Crippen LogP contribution < -0.4 is 0 Å². The highest BCUT2D eigenvalue weighted by molar-refractivity contribution is 7.99. The Morgan fingerprint density at radius 1 is 1.35 bits per heavy atom. The van der Waals surface area contributed by atoms with E-state index in [1.165, 1.54) is 19.2 Å². The van der Waals surface area contributed by atoms with Gasteiger partial charge in [0, 0.05) is 18.9 Å². The molecule has 106 valence electrons. The zero-order chi connectivity index (χ0) is 14.9. The predicted octanol–water partition coefficient (Wildman–Crippen LogP) is 3.79. The molecule has 1 aromatic carbocycles. The molecule has 0 fully saturated rings. The van der Waals surface area contributed by atoms with Crippen molar-refractivity contribution in [1.29, 1.82) is 0 Å². The number of alkyl halides is 3. The number of nitrogens with zero attached hydrogens (tertiary/aromatic N) is 2. The third-order valence-corrected chi connectivity index (χ3v) is 3.73. The normalized spacial score (nSPS) is 11.7. The van der Waals surface area contributed by atoms with Crippen LogP contribution in [-0.4, -0.2) is 15.3 Å². The summed E-state index contributed by atoms with van der Waals surface area (Å²) in [5, 5.41) is 0.467. The van der Waals surface area contributed by atoms with E-state index in [0.29, 0.717) is 15.7 Å². The van der Waals surface area contributed by atoms with Crippen LogP contribution in [0.3, 0.4) is 0 Å². The summed E-state index contributed by atoms with van der Waals surface area (Å²) in [6, 6.07) is 5.00. The van der Waals surface area contributed by atoms with Gasteiger partial charge in [0.25, 0.3) is 0 Å². The standard InChI is InChI=1S/C13H11F3N2OS/c1-8(19)11-7-17-12(18(11)2)20-10-5-3-4-9(6-10)13(14,15)16/h3-7H,1-2H3. The van der Waals surface area contributed by atoms with Crippen LogP contribution >= 0.6 is 11.8 Å². The Labute approximate surface area is 117 Å². The summed E-state index contributed by atoms with van der Waals surface area (Å²) in [4.78, 5) is 15.8. The minimum atomic E-state index is -4.37. The van der Waals surface area contributed by atoms with Crippen LogP contribution in [0, 0.1) is 0 Å². The topological polar surface area (TPSA) is 34.9 Å². The van der Waals surface area contributed by atoms with Gasteiger partial charge in [0.15, 0.2) is 10.9 Å². The molecule has 0 spiro atoms. The molecule has 0 atom stereocenters. The van der Waals surface area contributed by atoms with Crippen LogP contribution in [0.5, 0.6) is 0 Å². The van der Waals surface area contributed by atoms with Crippen molar-refractivity contribution in [3.63, 3.8) is 0 Å². The molecule has 0 saturated carbocycles. The van der Waals surface area contributed by atoms with Crippen molar-refractivity contribution in [3.05, 3.63) is 41.7 Å². The van der Waals surface area contributed by atoms with Crippen molar-refractivity contribution in [3.8, 4) is 0 Å². The summed E-state index contributed by atoms with van der Waals surface area (Å²) in [5.74, 6) is -0.143. The van der Waals surface area contributed by atoms with Crippen LogP contribution in [0.2, 0.25) is 0 Å². The van der Waals surface area contributed by atoms with Crippen LogP contribution in [0.1, 0.15) is 23.0 Å². The Hall–Kier alpha value is -1.76. The van der Waals surface area contributed by atoms with Gasteiger partial charge in [-0.05, 0) is 18.2 Å². The van der Waals surface area contributed by atoms with Crippen molar-refractivity contribution < 1.29 is 18.0 Å². The average Bonchev–Trinajstić information content (AvgIpc) is 2.70. The molecule has 7 heteroatoms. The van der Waals surface area contributed by atoms with E-state index in [-0.39, 0.29) is 5.78 Å². The molecular formula is C13H11F3N2OS. The van der Waals surface area contributed by atoms with Crippen LogP contribution in [0.25, 0.3) is 0 Å². The molecule has 2 aromatic rings. The number of ketones is 1. The van der Waals surface area contributed by atoms with Gasteiger partial charge in [0.1, 0.15) is 5.69 Å². The van der Waals surface area contributed by atoms with Crippen LogP contribution in [0.15, 0.2) is 40.5 Å². The Kier molecular flexibility index (Phi) is 3.89. The van der Waals surface area contributed by atoms with Gasteiger partial charge in [0.05, 0.1) is 11.8 Å². The van der Waals surface area contributed by atoms with E-state index in [1.54, 1.807) is 17.7 Å². The highest BCUT2D eigenvalue weighted by Gasteiger charge is 2.30. The molecule has 0 aliphatic rings. The molecule has 0 saturated heterocycles. The lowest BCUT2D eigenvalue weighted by atomic mass is 10.2. The molecule has 0 N–H and O–H groups in total. The van der Waals surface area contributed by atoms with E-state index in [0.717, 1.165) is 23.9 Å². The van der Waals surface area contributed by atoms with Crippen LogP contribution in [-0.2, 0) is 13.2 Å². The fraction of sp³-hybridized carbons (Fsp3) is 0.231. The summed E-state index contributed by atoms with van der Waals surface area (Å²) in [5.41, 5.74) is -0.289. The molecule has 3 nitrogen and oxygen atoms in total. The Morgan fingerprint density at radius 2 is 2.05 bits per heavy atom. The fourth-order valence-electron chi connectivity index (χ4n) is 1.66. The number of benzene rings is 1. The summed E-state index contributed by atoms with van der Waals surface area (Å²) < 4.78 is 39.4. The first kappa shape index (κ1) is 14.6. The number of hydrogen-bond donors (Lipinski definition) is 0. The van der Waals surface area contributed by atoms with Gasteiger partial charge in [-0.3, -0.25) is 4.79 Å². The molecule has 0 aliphatic heterocycles. The molecule has 1 heterocycles. The molecular weight excluding hydrogens is 289 g/mol. The molecule has 0 unspecified atom stereocenters. The van der Waals surface area contributed by atoms with Crippen molar-refractivity contribution in [2.24, 2.45) is 7.05 Å². The molecule has 0 bridgehead atoms. The second-order valence-electron chi connectivity index (χ2n) is 4.17. The van der Waals surface area contributed by atoms with Crippen molar-refractivity contribution in [2.75, 3.05) is 0 Å². The summed E-state index contributed by atoms with van der Waals surface area (Å²) in [6.45, 7) is 1.41. The first-order valence-corrected chi connectivity index (χ1v) is 6.48. The molecule has 0 radical (unpaired) electrons. The zero-order valence-electron chi connectivity index (χ0n) is 10.7. The summed E-state index contributed by atoms with van der Waals surface area (Å²) >= 11 is 1.08. The number of carbonyl (C=O) groups is 1. The first-order valence-electron chi connectivity index (χ1n) is 5.67. The van der Waals surface area contributed by atoms with Gasteiger partial charge >= 0.3 is 6.18 Å². The van der Waals surface area contributed by atoms with Gasteiger partial charge in [-0.1, -0.05) is 17.8 Å². The van der Waals surface area contributed by atoms with E-state index < -0.39 is 11.7 Å². The maximum Gasteiger partial charge on any atom is 0.416 e. The van der Waals surface area contributed by atoms with E-state index in [4.69, 9.17) is 0 Å². The number of carbonyl (C=O) groups excluding carboxylic acids is 1. The molecule has 0 amide bonds. The first-order chi connectivity index (χ1) is 9.29. The van der Waals surface area contributed by atoms with E-state index in [2.05, 4.69) is 4.98 Å². The van der Waals surface area contributed by atoms with E-state index in [9.17, 15) is 18.0 Å². The quantitative estimate of drug-likeness (QED) is 0.809. The van der Waals surface area contributed by atoms with Crippen molar-refractivity contribution in [1.82, 2.24) is 9.55 Å². The van der Waals surface area contributed by atoms with Crippen LogP contribution in [0.4, 0.5) is 13.2 Å². The molecule has 20 heavy (non-hydrogen) atoms. The van der Waals surface area contributed by atoms with Crippen molar-refractivity contribution >= 4 is 17.5 Å². The maximum atomic E-state index is 12.6. The third-order valence-electron chi connectivity index (χ3n) is 2.68. The summed E-state index contributed by atoms with van der Waals surface area (Å²) in [7, 11) is 1.65. The number of hydrogen-bond acceptors (Lipinski definition) is 3. The number of aromatic nitrogens is 2. The maximum absolute atomic E-state index is 12.6. The van der Waals surface area contributed by atoms with Gasteiger partial charge in [-0.2, -0.15) is 13.2 Å². The fourth-order valence-corrected chi connectivity index (χ4v) is 2.54. The Bertz CT molecular complexity index is 649. The van der Waals surface area contributed by atoms with E-state index in [1.807, 2.05) is 0 Å². The summed E-state index contributed by atoms with van der Waals surface area (Å²) in [6.07, 6.45) is -2.96. The lowest BCUT2D eigenvalue weighted by molar-refractivity contribution is -0.137.